The van der Waals surface area contributed by atoms with Crippen LogP contribution in [0, 0.1) is 0 Å². The lowest BCUT2D eigenvalue weighted by Crippen LogP contribution is -2.00. The predicted octanol–water partition coefficient (Wildman–Crippen LogP) is 15.1. The van der Waals surface area contributed by atoms with Gasteiger partial charge in [-0.2, -0.15) is 0 Å². The van der Waals surface area contributed by atoms with Crippen molar-refractivity contribution in [3.8, 4) is 56.7 Å². The van der Waals surface area contributed by atoms with E-state index < -0.39 is 0 Å². The van der Waals surface area contributed by atoms with Crippen molar-refractivity contribution >= 4 is 75.1 Å². The molecule has 0 amide bonds. The molecule has 63 heavy (non-hydrogen) atoms. The lowest BCUT2D eigenvalue weighted by Gasteiger charge is -2.12. The van der Waals surface area contributed by atoms with E-state index in [1.54, 1.807) is 11.3 Å². The first-order valence-electron chi connectivity index (χ1n) is 21.2. The van der Waals surface area contributed by atoms with Gasteiger partial charge in [-0.05, 0) is 71.8 Å². The molecule has 0 unspecified atom stereocenters. The van der Waals surface area contributed by atoms with Gasteiger partial charge >= 0.3 is 0 Å². The van der Waals surface area contributed by atoms with E-state index >= 15 is 0 Å². The number of aromatic nitrogens is 5. The molecular formula is C57H35N5S. The van der Waals surface area contributed by atoms with Gasteiger partial charge in [0.05, 0.1) is 22.1 Å². The van der Waals surface area contributed by atoms with Crippen molar-refractivity contribution in [2.45, 2.75) is 0 Å². The minimum absolute atomic E-state index is 0.654. The van der Waals surface area contributed by atoms with Crippen LogP contribution in [0.3, 0.4) is 0 Å². The molecule has 0 aliphatic carbocycles. The van der Waals surface area contributed by atoms with Crippen molar-refractivity contribution in [3.05, 3.63) is 212 Å². The highest BCUT2D eigenvalue weighted by Crippen LogP contribution is 2.45. The van der Waals surface area contributed by atoms with Gasteiger partial charge in [-0.3, -0.25) is 0 Å². The summed E-state index contributed by atoms with van der Waals surface area (Å²) >= 11 is 1.81. The molecule has 4 heterocycles. The minimum atomic E-state index is 0.654. The Hall–Kier alpha value is -8.19. The maximum absolute atomic E-state index is 5.15. The molecule has 0 radical (unpaired) electrons. The van der Waals surface area contributed by atoms with Crippen LogP contribution in [-0.2, 0) is 0 Å². The average molecular weight is 822 g/mol. The molecular weight excluding hydrogens is 787 g/mol. The van der Waals surface area contributed by atoms with Crippen molar-refractivity contribution in [1.29, 1.82) is 0 Å². The van der Waals surface area contributed by atoms with Crippen molar-refractivity contribution in [1.82, 2.24) is 24.1 Å². The first kappa shape index (κ1) is 35.6. The molecule has 4 aromatic heterocycles. The summed E-state index contributed by atoms with van der Waals surface area (Å²) in [6.07, 6.45) is 0. The third-order valence-electron chi connectivity index (χ3n) is 12.4. The Labute approximate surface area is 366 Å². The van der Waals surface area contributed by atoms with E-state index in [0.29, 0.717) is 17.5 Å². The molecule has 0 spiro atoms. The Morgan fingerprint density at radius 3 is 1.46 bits per heavy atom. The van der Waals surface area contributed by atoms with Gasteiger partial charge in [0.15, 0.2) is 17.5 Å². The van der Waals surface area contributed by atoms with E-state index in [-0.39, 0.29) is 0 Å². The molecule has 0 aliphatic heterocycles. The lowest BCUT2D eigenvalue weighted by atomic mass is 9.99. The fraction of sp³-hybridized carbons (Fsp3) is 0. The van der Waals surface area contributed by atoms with Gasteiger partial charge in [-0.1, -0.05) is 152 Å². The van der Waals surface area contributed by atoms with Crippen molar-refractivity contribution in [2.24, 2.45) is 0 Å². The second-order valence-corrected chi connectivity index (χ2v) is 17.1. The van der Waals surface area contributed by atoms with Crippen LogP contribution in [0.25, 0.3) is 120 Å². The van der Waals surface area contributed by atoms with Crippen LogP contribution in [0.2, 0.25) is 0 Å². The fourth-order valence-electron chi connectivity index (χ4n) is 9.54. The van der Waals surface area contributed by atoms with Crippen LogP contribution in [-0.4, -0.2) is 24.1 Å². The summed E-state index contributed by atoms with van der Waals surface area (Å²) in [5.74, 6) is 1.97. The molecule has 13 aromatic rings. The van der Waals surface area contributed by atoms with Gasteiger partial charge < -0.3 is 9.13 Å². The van der Waals surface area contributed by atoms with E-state index in [9.17, 15) is 0 Å². The van der Waals surface area contributed by atoms with Crippen LogP contribution in [0.15, 0.2) is 212 Å². The Kier molecular flexibility index (Phi) is 8.01. The Morgan fingerprint density at radius 1 is 0.317 bits per heavy atom. The fourth-order valence-corrected chi connectivity index (χ4v) is 10.7. The summed E-state index contributed by atoms with van der Waals surface area (Å²) < 4.78 is 7.32. The SMILES string of the molecule is c1ccc(-c2nc(-c3ccccc3)nc(-c3cccc4sc5ccc(-c6ccc7c(c6)c6ccc8c9ccccc9n(-c9ccccc9)c8c6n7-c6ccccc6)cc5c34)n2)cc1. The van der Waals surface area contributed by atoms with E-state index in [0.717, 1.165) is 44.6 Å². The third kappa shape index (κ3) is 5.66. The maximum atomic E-state index is 5.15. The molecule has 0 saturated carbocycles. The van der Waals surface area contributed by atoms with Crippen LogP contribution in [0.5, 0.6) is 0 Å². The number of rotatable bonds is 6. The normalized spacial score (nSPS) is 11.8. The summed E-state index contributed by atoms with van der Waals surface area (Å²) in [7, 11) is 0. The molecule has 0 fully saturated rings. The van der Waals surface area contributed by atoms with Gasteiger partial charge in [0.1, 0.15) is 0 Å². The molecule has 0 aliphatic rings. The largest absolute Gasteiger partial charge is 0.307 e. The smallest absolute Gasteiger partial charge is 0.164 e. The predicted molar refractivity (Wildman–Crippen MR) is 263 cm³/mol. The number of hydrogen-bond acceptors (Lipinski definition) is 4. The van der Waals surface area contributed by atoms with Crippen molar-refractivity contribution in [3.63, 3.8) is 0 Å². The second-order valence-electron chi connectivity index (χ2n) is 16.0. The molecule has 0 bridgehead atoms. The highest BCUT2D eigenvalue weighted by Gasteiger charge is 2.22. The average Bonchev–Trinajstić information content (AvgIpc) is 4.02. The molecule has 13 rings (SSSR count). The van der Waals surface area contributed by atoms with E-state index in [1.807, 2.05) is 36.4 Å². The Bertz CT molecular complexity index is 3830. The number of fused-ring (bicyclic) bond motifs is 10. The highest BCUT2D eigenvalue weighted by atomic mass is 32.1. The van der Waals surface area contributed by atoms with E-state index in [4.69, 9.17) is 15.0 Å². The summed E-state index contributed by atoms with van der Waals surface area (Å²) in [5.41, 5.74) is 12.2. The van der Waals surface area contributed by atoms with E-state index in [2.05, 4.69) is 185 Å². The minimum Gasteiger partial charge on any atom is -0.307 e. The number of para-hydroxylation sites is 3. The van der Waals surface area contributed by atoms with Gasteiger partial charge in [0.25, 0.3) is 0 Å². The molecule has 0 saturated heterocycles. The second kappa shape index (κ2) is 14.2. The summed E-state index contributed by atoms with van der Waals surface area (Å²) in [4.78, 5) is 15.3. The zero-order valence-corrected chi connectivity index (χ0v) is 34.7. The molecule has 294 valence electrons. The van der Waals surface area contributed by atoms with Crippen molar-refractivity contribution in [2.75, 3.05) is 0 Å². The topological polar surface area (TPSA) is 48.5 Å². The molecule has 6 heteroatoms. The highest BCUT2D eigenvalue weighted by molar-refractivity contribution is 7.26. The van der Waals surface area contributed by atoms with Crippen LogP contribution in [0.1, 0.15) is 0 Å². The molecule has 0 N–H and O–H groups in total. The van der Waals surface area contributed by atoms with Gasteiger partial charge in [-0.25, -0.2) is 15.0 Å². The van der Waals surface area contributed by atoms with Gasteiger partial charge in [-0.15, -0.1) is 11.3 Å². The first-order chi connectivity index (χ1) is 31.2. The molecule has 0 atom stereocenters. The number of nitrogens with zero attached hydrogens (tertiary/aromatic N) is 5. The Morgan fingerprint density at radius 2 is 0.825 bits per heavy atom. The first-order valence-corrected chi connectivity index (χ1v) is 22.0. The van der Waals surface area contributed by atoms with Gasteiger partial charge in [0.2, 0.25) is 0 Å². The third-order valence-corrected chi connectivity index (χ3v) is 13.5. The zero-order valence-electron chi connectivity index (χ0n) is 33.9. The van der Waals surface area contributed by atoms with Gasteiger partial charge in [0, 0.05) is 69.8 Å². The zero-order chi connectivity index (χ0) is 41.4. The van der Waals surface area contributed by atoms with Crippen LogP contribution >= 0.6 is 11.3 Å². The van der Waals surface area contributed by atoms with Crippen LogP contribution < -0.4 is 0 Å². The maximum Gasteiger partial charge on any atom is 0.164 e. The summed E-state index contributed by atoms with van der Waals surface area (Å²) in [6, 6.07) is 75.7. The van der Waals surface area contributed by atoms with E-state index in [1.165, 1.54) is 58.4 Å². The Balaban J connectivity index is 1.04. The summed E-state index contributed by atoms with van der Waals surface area (Å²) in [6.45, 7) is 0. The number of benzene rings is 9. The quantitative estimate of drug-likeness (QED) is 0.168. The number of hydrogen-bond donors (Lipinski definition) is 0. The lowest BCUT2D eigenvalue weighted by molar-refractivity contribution is 1.08. The summed E-state index contributed by atoms with van der Waals surface area (Å²) in [5, 5.41) is 7.24. The molecule has 5 nitrogen and oxygen atoms in total. The monoisotopic (exact) mass is 821 g/mol. The standard InChI is InChI=1S/C57H35N5S/c1-5-16-36(17-6-1)55-58-56(37-18-7-2-8-19-37)60-57(59-55)45-25-15-27-51-52(45)47-35-39(29-33-50(47)63-51)38-28-32-49-46(34-38)44-31-30-43-42-24-13-14-26-48(42)61(40-20-9-3-10-21-40)53(43)54(44)62(49)41-22-11-4-12-23-41/h1-35H. The number of thiophene rings is 1. The van der Waals surface area contributed by atoms with Crippen LogP contribution in [0.4, 0.5) is 0 Å². The van der Waals surface area contributed by atoms with Crippen molar-refractivity contribution < 1.29 is 0 Å². The molecule has 9 aromatic carbocycles.